The minimum absolute atomic E-state index is 0.0362. The normalized spacial score (nSPS) is 12.9. The van der Waals surface area contributed by atoms with Gasteiger partial charge in [-0.2, -0.15) is 0 Å². The van der Waals surface area contributed by atoms with E-state index in [1.807, 2.05) is 68.4 Å². The molecule has 2 atom stereocenters. The molecule has 0 aliphatic heterocycles. The van der Waals surface area contributed by atoms with Gasteiger partial charge in [0.2, 0.25) is 11.8 Å². The lowest BCUT2D eigenvalue weighted by Gasteiger charge is -2.20. The molecule has 4 aromatic rings. The molecule has 0 spiro atoms. The zero-order chi connectivity index (χ0) is 24.1. The number of hydrogen-bond donors (Lipinski definition) is 2. The summed E-state index contributed by atoms with van der Waals surface area (Å²) in [5, 5.41) is 21.3. The number of carbonyl (C=O) groups is 1. The molecule has 1 aromatic heterocycles. The average Bonchev–Trinajstić information content (AvgIpc) is 3.35. The van der Waals surface area contributed by atoms with Crippen LogP contribution in [-0.4, -0.2) is 27.3 Å². The molecule has 3 aromatic carbocycles. The monoisotopic (exact) mass is 455 g/mol. The summed E-state index contributed by atoms with van der Waals surface area (Å²) < 4.78 is 6.07. The lowest BCUT2D eigenvalue weighted by molar-refractivity contribution is -0.140. The predicted molar refractivity (Wildman–Crippen MR) is 133 cm³/mol. The molecule has 6 heteroatoms. The van der Waals surface area contributed by atoms with Crippen LogP contribution in [0.5, 0.6) is 0 Å². The SMILES string of the molecule is CC[C@H](C)[C@H](NCc1cccc(-c2nnc(-c3cccc(-c4ccccc4)c3C)o2)c1)C(=O)O. The van der Waals surface area contributed by atoms with Crippen molar-refractivity contribution in [3.63, 3.8) is 0 Å². The maximum atomic E-state index is 11.6. The van der Waals surface area contributed by atoms with Gasteiger partial charge in [-0.1, -0.05) is 74.9 Å². The van der Waals surface area contributed by atoms with Crippen LogP contribution < -0.4 is 5.32 Å². The summed E-state index contributed by atoms with van der Waals surface area (Å²) >= 11 is 0. The largest absolute Gasteiger partial charge is 0.480 e. The quantitative estimate of drug-likeness (QED) is 0.323. The van der Waals surface area contributed by atoms with E-state index in [1.165, 1.54) is 0 Å². The van der Waals surface area contributed by atoms with Crippen LogP contribution in [0.25, 0.3) is 34.0 Å². The van der Waals surface area contributed by atoms with Crippen LogP contribution in [0.1, 0.15) is 31.4 Å². The van der Waals surface area contributed by atoms with Gasteiger partial charge < -0.3 is 14.8 Å². The fraction of sp³-hybridized carbons (Fsp3) is 0.250. The first-order valence-corrected chi connectivity index (χ1v) is 11.5. The van der Waals surface area contributed by atoms with Crippen molar-refractivity contribution in [1.82, 2.24) is 15.5 Å². The van der Waals surface area contributed by atoms with E-state index < -0.39 is 12.0 Å². The van der Waals surface area contributed by atoms with E-state index in [4.69, 9.17) is 4.42 Å². The lowest BCUT2D eigenvalue weighted by atomic mass is 9.96. The summed E-state index contributed by atoms with van der Waals surface area (Å²) in [6.07, 6.45) is 0.791. The Bertz CT molecular complexity index is 1270. The number of benzene rings is 3. The van der Waals surface area contributed by atoms with Crippen molar-refractivity contribution < 1.29 is 14.3 Å². The Morgan fingerprint density at radius 3 is 2.35 bits per heavy atom. The number of carboxylic acids is 1. The van der Waals surface area contributed by atoms with Crippen molar-refractivity contribution in [2.45, 2.75) is 39.8 Å². The maximum absolute atomic E-state index is 11.6. The molecule has 0 fully saturated rings. The molecule has 0 aliphatic carbocycles. The van der Waals surface area contributed by atoms with Gasteiger partial charge in [0.25, 0.3) is 0 Å². The number of nitrogens with one attached hydrogen (secondary N) is 1. The third kappa shape index (κ3) is 5.07. The number of rotatable bonds is 9. The molecule has 6 nitrogen and oxygen atoms in total. The molecule has 1 heterocycles. The van der Waals surface area contributed by atoms with E-state index in [1.54, 1.807) is 0 Å². The average molecular weight is 456 g/mol. The van der Waals surface area contributed by atoms with Gasteiger partial charge in [0, 0.05) is 17.7 Å². The Labute approximate surface area is 199 Å². The molecule has 0 amide bonds. The molecule has 0 saturated carbocycles. The smallest absolute Gasteiger partial charge is 0.320 e. The first-order valence-electron chi connectivity index (χ1n) is 11.5. The van der Waals surface area contributed by atoms with Crippen molar-refractivity contribution in [2.24, 2.45) is 5.92 Å². The summed E-state index contributed by atoms with van der Waals surface area (Å²) in [5.41, 5.74) is 5.99. The molecule has 4 rings (SSSR count). The summed E-state index contributed by atoms with van der Waals surface area (Å²) in [6, 6.07) is 23.4. The van der Waals surface area contributed by atoms with Gasteiger partial charge >= 0.3 is 5.97 Å². The van der Waals surface area contributed by atoms with Crippen LogP contribution in [-0.2, 0) is 11.3 Å². The molecular formula is C28H29N3O3. The third-order valence-corrected chi connectivity index (χ3v) is 6.25. The highest BCUT2D eigenvalue weighted by Crippen LogP contribution is 2.32. The van der Waals surface area contributed by atoms with E-state index in [-0.39, 0.29) is 5.92 Å². The number of aromatic nitrogens is 2. The van der Waals surface area contributed by atoms with Gasteiger partial charge in [-0.3, -0.25) is 4.79 Å². The van der Waals surface area contributed by atoms with Gasteiger partial charge in [-0.15, -0.1) is 10.2 Å². The second-order valence-corrected chi connectivity index (χ2v) is 8.54. The van der Waals surface area contributed by atoms with Crippen LogP contribution in [0.3, 0.4) is 0 Å². The minimum atomic E-state index is -0.833. The highest BCUT2D eigenvalue weighted by atomic mass is 16.4. The van der Waals surface area contributed by atoms with Gasteiger partial charge in [-0.25, -0.2) is 0 Å². The topological polar surface area (TPSA) is 88.3 Å². The van der Waals surface area contributed by atoms with Gasteiger partial charge in [-0.05, 0) is 53.3 Å². The fourth-order valence-electron chi connectivity index (χ4n) is 4.06. The highest BCUT2D eigenvalue weighted by Gasteiger charge is 2.22. The molecular weight excluding hydrogens is 426 g/mol. The lowest BCUT2D eigenvalue weighted by Crippen LogP contribution is -2.41. The first kappa shape index (κ1) is 23.4. The van der Waals surface area contributed by atoms with Crippen molar-refractivity contribution in [3.8, 4) is 34.0 Å². The standard InChI is InChI=1S/C28H29N3O3/c1-4-18(2)25(28(32)33)29-17-20-10-8-13-22(16-20)26-30-31-27(34-26)24-15-9-14-23(19(24)3)21-11-6-5-7-12-21/h5-16,18,25,29H,4,17H2,1-3H3,(H,32,33)/t18-,25-/m0/s1. The number of nitrogens with zero attached hydrogens (tertiary/aromatic N) is 2. The van der Waals surface area contributed by atoms with E-state index in [0.717, 1.165) is 39.8 Å². The second-order valence-electron chi connectivity index (χ2n) is 8.54. The van der Waals surface area contributed by atoms with Crippen molar-refractivity contribution in [2.75, 3.05) is 0 Å². The van der Waals surface area contributed by atoms with Crippen LogP contribution in [0, 0.1) is 12.8 Å². The van der Waals surface area contributed by atoms with Crippen molar-refractivity contribution >= 4 is 5.97 Å². The fourth-order valence-corrected chi connectivity index (χ4v) is 4.06. The minimum Gasteiger partial charge on any atom is -0.480 e. The highest BCUT2D eigenvalue weighted by molar-refractivity contribution is 5.75. The Hall–Kier alpha value is -3.77. The molecule has 0 unspecified atom stereocenters. The molecule has 0 saturated heterocycles. The van der Waals surface area contributed by atoms with E-state index in [2.05, 4.69) is 40.6 Å². The van der Waals surface area contributed by atoms with Crippen molar-refractivity contribution in [3.05, 3.63) is 83.9 Å². The third-order valence-electron chi connectivity index (χ3n) is 6.25. The molecule has 2 N–H and O–H groups in total. The van der Waals surface area contributed by atoms with E-state index in [0.29, 0.717) is 18.3 Å². The van der Waals surface area contributed by atoms with Crippen LogP contribution in [0.15, 0.2) is 77.2 Å². The number of aliphatic carboxylic acids is 1. The Morgan fingerprint density at radius 1 is 0.941 bits per heavy atom. The predicted octanol–water partition coefficient (Wildman–Crippen LogP) is 5.97. The van der Waals surface area contributed by atoms with Crippen LogP contribution >= 0.6 is 0 Å². The van der Waals surface area contributed by atoms with Gasteiger partial charge in [0.15, 0.2) is 0 Å². The molecule has 174 valence electrons. The summed E-state index contributed by atoms with van der Waals surface area (Å²) in [4.78, 5) is 11.6. The maximum Gasteiger partial charge on any atom is 0.320 e. The molecule has 0 bridgehead atoms. The second kappa shape index (κ2) is 10.4. The van der Waals surface area contributed by atoms with Crippen LogP contribution in [0.2, 0.25) is 0 Å². The Morgan fingerprint density at radius 2 is 1.62 bits per heavy atom. The Balaban J connectivity index is 1.56. The summed E-state index contributed by atoms with van der Waals surface area (Å²) in [6.45, 7) is 6.43. The van der Waals surface area contributed by atoms with Gasteiger partial charge in [0.1, 0.15) is 6.04 Å². The Kier molecular flexibility index (Phi) is 7.18. The van der Waals surface area contributed by atoms with E-state index >= 15 is 0 Å². The molecule has 0 aliphatic rings. The zero-order valence-corrected chi connectivity index (χ0v) is 19.7. The van der Waals surface area contributed by atoms with Gasteiger partial charge in [0.05, 0.1) is 0 Å². The van der Waals surface area contributed by atoms with Crippen molar-refractivity contribution in [1.29, 1.82) is 0 Å². The zero-order valence-electron chi connectivity index (χ0n) is 19.7. The molecule has 0 radical (unpaired) electrons. The molecule has 34 heavy (non-hydrogen) atoms. The summed E-state index contributed by atoms with van der Waals surface area (Å²) in [5.74, 6) is 0.101. The first-order chi connectivity index (χ1) is 16.5. The number of carboxylic acid groups (broad SMARTS) is 1. The van der Waals surface area contributed by atoms with Crippen LogP contribution in [0.4, 0.5) is 0 Å². The van der Waals surface area contributed by atoms with E-state index in [9.17, 15) is 9.90 Å². The number of hydrogen-bond acceptors (Lipinski definition) is 5. The summed E-state index contributed by atoms with van der Waals surface area (Å²) in [7, 11) is 0.